The Labute approximate surface area is 223 Å². The molecule has 0 saturated carbocycles. The molecule has 0 amide bonds. The van der Waals surface area contributed by atoms with Gasteiger partial charge in [-0.25, -0.2) is 0 Å². The number of aliphatic hydroxyl groups excluding tert-OH is 1. The van der Waals surface area contributed by atoms with Crippen molar-refractivity contribution >= 4 is 8.32 Å². The molecule has 4 atom stereocenters. The third-order valence-electron chi connectivity index (χ3n) is 7.74. The van der Waals surface area contributed by atoms with E-state index in [0.717, 1.165) is 11.3 Å². The zero-order valence-corrected chi connectivity index (χ0v) is 25.6. The van der Waals surface area contributed by atoms with Crippen LogP contribution in [0.3, 0.4) is 0 Å². The van der Waals surface area contributed by atoms with Gasteiger partial charge >= 0.3 is 0 Å². The fraction of sp³-hybridized carbons (Fsp3) is 0.562. The summed E-state index contributed by atoms with van der Waals surface area (Å²) in [5, 5.41) is 11.2. The molecule has 0 aliphatic carbocycles. The van der Waals surface area contributed by atoms with Crippen LogP contribution < -0.4 is 0 Å². The van der Waals surface area contributed by atoms with Gasteiger partial charge in [0.15, 0.2) is 0 Å². The van der Waals surface area contributed by atoms with Gasteiger partial charge in [-0.3, -0.25) is 0 Å². The number of rotatable bonds is 14. The minimum Gasteiger partial charge on any atom is -0.544 e. The van der Waals surface area contributed by atoms with Crippen molar-refractivity contribution in [3.8, 4) is 0 Å². The highest BCUT2D eigenvalue weighted by atomic mass is 28.4. The number of ether oxygens (including phenoxy) is 1. The lowest BCUT2D eigenvalue weighted by Crippen LogP contribution is -2.40. The molecule has 1 rings (SSSR count). The van der Waals surface area contributed by atoms with Crippen LogP contribution in [0.5, 0.6) is 0 Å². The van der Waals surface area contributed by atoms with Crippen molar-refractivity contribution in [3.63, 3.8) is 0 Å². The van der Waals surface area contributed by atoms with Gasteiger partial charge in [0.2, 0.25) is 8.32 Å². The van der Waals surface area contributed by atoms with Crippen molar-refractivity contribution in [3.05, 3.63) is 84.7 Å². The van der Waals surface area contributed by atoms with E-state index in [1.54, 1.807) is 6.08 Å². The lowest BCUT2D eigenvalue weighted by molar-refractivity contribution is -0.0536. The molecule has 0 spiro atoms. The molecule has 0 radical (unpaired) electrons. The van der Waals surface area contributed by atoms with Gasteiger partial charge in [0.1, 0.15) is 0 Å². The molecule has 0 aromatic heterocycles. The van der Waals surface area contributed by atoms with Crippen LogP contribution in [0.4, 0.5) is 0 Å². The highest BCUT2D eigenvalue weighted by Crippen LogP contribution is 2.38. The second kappa shape index (κ2) is 13.6. The van der Waals surface area contributed by atoms with E-state index in [2.05, 4.69) is 99.0 Å². The Kier molecular flexibility index (Phi) is 12.1. The molecule has 0 bridgehead atoms. The predicted molar refractivity (Wildman–Crippen MR) is 158 cm³/mol. The molecule has 0 aliphatic heterocycles. The smallest absolute Gasteiger partial charge is 0.250 e. The van der Waals surface area contributed by atoms with E-state index in [1.165, 1.54) is 5.56 Å². The maximum Gasteiger partial charge on any atom is 0.250 e. The summed E-state index contributed by atoms with van der Waals surface area (Å²) >= 11 is 0. The number of aliphatic hydroxyl groups is 1. The Morgan fingerprint density at radius 1 is 1.06 bits per heavy atom. The van der Waals surface area contributed by atoms with E-state index < -0.39 is 14.4 Å². The minimum absolute atomic E-state index is 0.0583. The first kappa shape index (κ1) is 32.1. The minimum atomic E-state index is -1.97. The van der Waals surface area contributed by atoms with Gasteiger partial charge in [-0.1, -0.05) is 95.8 Å². The van der Waals surface area contributed by atoms with E-state index in [1.807, 2.05) is 31.2 Å². The zero-order valence-electron chi connectivity index (χ0n) is 24.6. The second-order valence-electron chi connectivity index (χ2n) is 12.3. The predicted octanol–water partition coefficient (Wildman–Crippen LogP) is 8.85. The van der Waals surface area contributed by atoms with Crippen LogP contribution >= 0.6 is 0 Å². The average Bonchev–Trinajstić information content (AvgIpc) is 2.78. The van der Waals surface area contributed by atoms with E-state index >= 15 is 0 Å². The lowest BCUT2D eigenvalue weighted by atomic mass is 9.81. The van der Waals surface area contributed by atoms with Gasteiger partial charge in [0.25, 0.3) is 0 Å². The van der Waals surface area contributed by atoms with Gasteiger partial charge < -0.3 is 14.3 Å². The molecule has 202 valence electrons. The molecular weight excluding hydrogens is 460 g/mol. The normalized spacial score (nSPS) is 16.9. The highest BCUT2D eigenvalue weighted by Gasteiger charge is 2.39. The van der Waals surface area contributed by atoms with Crippen LogP contribution in [0.2, 0.25) is 18.1 Å². The summed E-state index contributed by atoms with van der Waals surface area (Å²) in [7, 11) is -1.97. The van der Waals surface area contributed by atoms with Crippen molar-refractivity contribution in [2.24, 2.45) is 17.8 Å². The molecule has 3 nitrogen and oxygen atoms in total. The van der Waals surface area contributed by atoms with Gasteiger partial charge in [0, 0.05) is 11.8 Å². The molecule has 36 heavy (non-hydrogen) atoms. The second-order valence-corrected chi connectivity index (χ2v) is 17.0. The molecule has 4 heteroatoms. The van der Waals surface area contributed by atoms with Gasteiger partial charge in [-0.15, -0.1) is 0 Å². The third-order valence-corrected chi connectivity index (χ3v) is 12.1. The molecule has 0 saturated heterocycles. The highest BCUT2D eigenvalue weighted by molar-refractivity contribution is 6.74. The van der Waals surface area contributed by atoms with E-state index in [-0.39, 0.29) is 28.4 Å². The molecule has 0 aliphatic rings. The number of allylic oxidation sites excluding steroid dienone is 2. The van der Waals surface area contributed by atoms with Crippen LogP contribution in [0, 0.1) is 17.8 Å². The first-order valence-corrected chi connectivity index (χ1v) is 16.1. The molecule has 1 unspecified atom stereocenters. The summed E-state index contributed by atoms with van der Waals surface area (Å²) < 4.78 is 12.7. The molecular formula is C32H52O3Si. The quantitative estimate of drug-likeness (QED) is 0.117. The van der Waals surface area contributed by atoms with Crippen molar-refractivity contribution in [1.82, 2.24) is 0 Å². The Hall–Kier alpha value is -1.88. The molecule has 1 aromatic rings. The summed E-state index contributed by atoms with van der Waals surface area (Å²) in [6.07, 6.45) is 8.08. The van der Waals surface area contributed by atoms with Crippen molar-refractivity contribution in [2.45, 2.75) is 98.3 Å². The summed E-state index contributed by atoms with van der Waals surface area (Å²) in [6.45, 7) is 30.4. The largest absolute Gasteiger partial charge is 0.544 e. The first-order chi connectivity index (χ1) is 16.5. The summed E-state index contributed by atoms with van der Waals surface area (Å²) in [4.78, 5) is 0. The molecule has 1 aromatic carbocycles. The van der Waals surface area contributed by atoms with Gasteiger partial charge in [-0.2, -0.15) is 0 Å². The van der Waals surface area contributed by atoms with E-state index in [9.17, 15) is 5.11 Å². The number of hydrogen-bond donors (Lipinski definition) is 1. The van der Waals surface area contributed by atoms with E-state index in [0.29, 0.717) is 13.0 Å². The Morgan fingerprint density at radius 3 is 2.14 bits per heavy atom. The zero-order chi connectivity index (χ0) is 27.7. The van der Waals surface area contributed by atoms with Crippen molar-refractivity contribution in [2.75, 3.05) is 0 Å². The molecule has 0 heterocycles. The van der Waals surface area contributed by atoms with Crippen molar-refractivity contribution < 1.29 is 14.3 Å². The number of hydrogen-bond acceptors (Lipinski definition) is 3. The fourth-order valence-electron chi connectivity index (χ4n) is 3.79. The Bertz CT molecular complexity index is 890. The Morgan fingerprint density at radius 2 is 1.64 bits per heavy atom. The standard InChI is InChI=1S/C32H52O3Si/c1-13-28(35-36(11,12)31(6,7)8)21-22-29(33)30(24(2)3)25(4)19-20-26(5)32(9,10)34-23-27-17-15-14-16-18-27/h13-21,25-26,29-30,33H,1-2,22-23H2,3-12H3/b20-19+,28-21-/t25-,26+,29?,30+/m1/s1. The van der Waals surface area contributed by atoms with Gasteiger partial charge in [-0.05, 0) is 69.0 Å². The average molecular weight is 513 g/mol. The fourth-order valence-corrected chi connectivity index (χ4v) is 4.86. The number of benzene rings is 1. The van der Waals surface area contributed by atoms with Crippen molar-refractivity contribution in [1.29, 1.82) is 0 Å². The topological polar surface area (TPSA) is 38.7 Å². The molecule has 1 N–H and O–H groups in total. The Balaban J connectivity index is 2.86. The molecule has 0 fully saturated rings. The first-order valence-electron chi connectivity index (χ1n) is 13.2. The summed E-state index contributed by atoms with van der Waals surface area (Å²) in [5.41, 5.74) is 1.84. The van der Waals surface area contributed by atoms with Crippen LogP contribution in [-0.2, 0) is 15.8 Å². The van der Waals surface area contributed by atoms with Crippen LogP contribution in [0.1, 0.15) is 67.4 Å². The van der Waals surface area contributed by atoms with Gasteiger partial charge in [0.05, 0.1) is 24.1 Å². The SMILES string of the molecule is C=C/C(=C/CC(O)[C@@H](C(=C)C)[C@H](C)/C=C/[C@H](C)C(C)(C)OCc1ccccc1)O[Si](C)(C)C(C)(C)C. The summed E-state index contributed by atoms with van der Waals surface area (Å²) in [5.74, 6) is 1.04. The third kappa shape index (κ3) is 9.88. The summed E-state index contributed by atoms with van der Waals surface area (Å²) in [6, 6.07) is 10.3. The lowest BCUT2D eigenvalue weighted by Gasteiger charge is -2.37. The monoisotopic (exact) mass is 512 g/mol. The maximum atomic E-state index is 11.1. The maximum absolute atomic E-state index is 11.1. The van der Waals surface area contributed by atoms with Crippen LogP contribution in [0.15, 0.2) is 79.1 Å². The van der Waals surface area contributed by atoms with Crippen LogP contribution in [-0.4, -0.2) is 25.1 Å². The van der Waals surface area contributed by atoms with E-state index in [4.69, 9.17) is 9.16 Å². The van der Waals surface area contributed by atoms with Crippen LogP contribution in [0.25, 0.3) is 0 Å².